The fourth-order valence-electron chi connectivity index (χ4n) is 2.66. The Labute approximate surface area is 157 Å². The molecule has 0 saturated heterocycles. The summed E-state index contributed by atoms with van der Waals surface area (Å²) in [5, 5.41) is 0. The zero-order valence-electron chi connectivity index (χ0n) is 14.4. The Morgan fingerprint density at radius 2 is 0.964 bits per heavy atom. The highest BCUT2D eigenvalue weighted by Crippen LogP contribution is 2.24. The van der Waals surface area contributed by atoms with Crippen LogP contribution in [0.3, 0.4) is 0 Å². The van der Waals surface area contributed by atoms with E-state index in [1.54, 1.807) is 0 Å². The third-order valence-corrected chi connectivity index (χ3v) is 3.88. The molecule has 6 nitrogen and oxygen atoms in total. The van der Waals surface area contributed by atoms with Crippen molar-refractivity contribution < 1.29 is 27.0 Å². The summed E-state index contributed by atoms with van der Waals surface area (Å²) in [6.07, 6.45) is 0. The second-order valence-electron chi connectivity index (χ2n) is 5.99. The standard InChI is InChI=1S/2C9H8F2N2O/c2*10-6-1-5(2-7(11)3-6)8-4-14-9(12)13-8/h2*1-3,8H,4H2,(H2,12,13)/t8-;/m0./s1. The minimum Gasteiger partial charge on any atom is -0.463 e. The fraction of sp³-hybridized carbons (Fsp3) is 0.222. The molecule has 148 valence electrons. The molecule has 2 aliphatic rings. The van der Waals surface area contributed by atoms with Crippen LogP contribution in [0, 0.1) is 23.3 Å². The fourth-order valence-corrected chi connectivity index (χ4v) is 2.66. The Morgan fingerprint density at radius 3 is 1.21 bits per heavy atom. The van der Waals surface area contributed by atoms with Crippen molar-refractivity contribution in [1.82, 2.24) is 0 Å². The quantitative estimate of drug-likeness (QED) is 0.763. The lowest BCUT2D eigenvalue weighted by molar-refractivity contribution is 0.314. The predicted octanol–water partition coefficient (Wildman–Crippen LogP) is 2.70. The predicted molar refractivity (Wildman–Crippen MR) is 93.3 cm³/mol. The van der Waals surface area contributed by atoms with Crippen molar-refractivity contribution in [3.63, 3.8) is 0 Å². The van der Waals surface area contributed by atoms with Crippen LogP contribution in [0.25, 0.3) is 0 Å². The first-order valence-electron chi connectivity index (χ1n) is 8.14. The number of nitrogens with zero attached hydrogens (tertiary/aromatic N) is 2. The van der Waals surface area contributed by atoms with E-state index in [9.17, 15) is 17.6 Å². The van der Waals surface area contributed by atoms with Crippen LogP contribution in [0.5, 0.6) is 0 Å². The number of ether oxygens (including phenoxy) is 2. The Kier molecular flexibility index (Phi) is 5.67. The summed E-state index contributed by atoms with van der Waals surface area (Å²) in [5.41, 5.74) is 11.4. The van der Waals surface area contributed by atoms with Gasteiger partial charge in [0, 0.05) is 12.1 Å². The molecule has 2 aromatic rings. The van der Waals surface area contributed by atoms with E-state index in [0.717, 1.165) is 12.1 Å². The molecule has 10 heteroatoms. The number of rotatable bonds is 2. The van der Waals surface area contributed by atoms with Gasteiger partial charge in [0.05, 0.1) is 0 Å². The molecular formula is C18H16F4N4O2. The van der Waals surface area contributed by atoms with Crippen LogP contribution < -0.4 is 11.5 Å². The average molecular weight is 396 g/mol. The first-order valence-corrected chi connectivity index (χ1v) is 8.14. The van der Waals surface area contributed by atoms with Crippen molar-refractivity contribution in [2.75, 3.05) is 13.2 Å². The second kappa shape index (κ2) is 8.15. The maximum absolute atomic E-state index is 12.8. The summed E-state index contributed by atoms with van der Waals surface area (Å²) >= 11 is 0. The Balaban J connectivity index is 0.000000161. The van der Waals surface area contributed by atoms with E-state index in [2.05, 4.69) is 9.98 Å². The highest BCUT2D eigenvalue weighted by atomic mass is 19.1. The molecule has 0 bridgehead atoms. The van der Waals surface area contributed by atoms with Crippen molar-refractivity contribution >= 4 is 12.0 Å². The minimum absolute atomic E-state index is 0.0552. The largest absolute Gasteiger partial charge is 0.463 e. The number of hydrogen-bond acceptors (Lipinski definition) is 6. The Morgan fingerprint density at radius 1 is 0.643 bits per heavy atom. The first-order chi connectivity index (χ1) is 13.3. The van der Waals surface area contributed by atoms with E-state index in [1.807, 2.05) is 0 Å². The summed E-state index contributed by atoms with van der Waals surface area (Å²) in [6, 6.07) is 5.81. The summed E-state index contributed by atoms with van der Waals surface area (Å²) in [4.78, 5) is 7.76. The summed E-state index contributed by atoms with van der Waals surface area (Å²) in [7, 11) is 0. The van der Waals surface area contributed by atoms with Crippen LogP contribution in [0.15, 0.2) is 46.4 Å². The van der Waals surface area contributed by atoms with Gasteiger partial charge in [0.2, 0.25) is 0 Å². The molecular weight excluding hydrogens is 380 g/mol. The molecule has 2 aliphatic heterocycles. The molecule has 0 aromatic heterocycles. The number of benzene rings is 2. The van der Waals surface area contributed by atoms with E-state index >= 15 is 0 Å². The molecule has 4 rings (SSSR count). The number of nitrogens with two attached hydrogens (primary N) is 2. The molecule has 0 amide bonds. The van der Waals surface area contributed by atoms with Crippen LogP contribution in [-0.2, 0) is 9.47 Å². The van der Waals surface area contributed by atoms with Gasteiger partial charge in [-0.1, -0.05) is 0 Å². The van der Waals surface area contributed by atoms with Crippen molar-refractivity contribution in [3.8, 4) is 0 Å². The zero-order chi connectivity index (χ0) is 20.3. The van der Waals surface area contributed by atoms with Crippen LogP contribution >= 0.6 is 0 Å². The van der Waals surface area contributed by atoms with Gasteiger partial charge in [-0.05, 0) is 35.4 Å². The molecule has 2 heterocycles. The molecule has 2 aromatic carbocycles. The Bertz CT molecular complexity index is 820. The van der Waals surface area contributed by atoms with Crippen molar-refractivity contribution in [2.45, 2.75) is 12.1 Å². The Hall–Kier alpha value is -3.30. The van der Waals surface area contributed by atoms with Crippen LogP contribution in [0.1, 0.15) is 23.2 Å². The second-order valence-corrected chi connectivity index (χ2v) is 5.99. The van der Waals surface area contributed by atoms with Gasteiger partial charge >= 0.3 is 0 Å². The van der Waals surface area contributed by atoms with Gasteiger partial charge in [0.15, 0.2) is 0 Å². The lowest BCUT2D eigenvalue weighted by Gasteiger charge is -2.05. The van der Waals surface area contributed by atoms with Gasteiger partial charge < -0.3 is 20.9 Å². The third-order valence-electron chi connectivity index (χ3n) is 3.88. The normalized spacial score (nSPS) is 20.4. The maximum Gasteiger partial charge on any atom is 0.282 e. The summed E-state index contributed by atoms with van der Waals surface area (Å²) in [6.45, 7) is 0.462. The number of aliphatic imine (C=N–C) groups is 2. The van der Waals surface area contributed by atoms with Crippen LogP contribution in [0.2, 0.25) is 0 Å². The number of hydrogen-bond donors (Lipinski definition) is 2. The summed E-state index contributed by atoms with van der Waals surface area (Å²) in [5.74, 6) is -2.50. The van der Waals surface area contributed by atoms with Gasteiger partial charge in [0.1, 0.15) is 48.6 Å². The molecule has 0 radical (unpaired) electrons. The highest BCUT2D eigenvalue weighted by Gasteiger charge is 2.20. The van der Waals surface area contributed by atoms with Gasteiger partial charge in [-0.25, -0.2) is 27.5 Å². The zero-order valence-corrected chi connectivity index (χ0v) is 14.4. The van der Waals surface area contributed by atoms with Gasteiger partial charge in [-0.2, -0.15) is 0 Å². The smallest absolute Gasteiger partial charge is 0.282 e. The summed E-state index contributed by atoms with van der Waals surface area (Å²) < 4.78 is 61.0. The first kappa shape index (κ1) is 19.5. The van der Waals surface area contributed by atoms with E-state index in [4.69, 9.17) is 20.9 Å². The van der Waals surface area contributed by atoms with Crippen LogP contribution in [0.4, 0.5) is 17.6 Å². The topological polar surface area (TPSA) is 95.2 Å². The minimum atomic E-state index is -0.624. The molecule has 0 spiro atoms. The molecule has 2 atom stereocenters. The number of halogens is 4. The van der Waals surface area contributed by atoms with E-state index < -0.39 is 35.4 Å². The van der Waals surface area contributed by atoms with Crippen LogP contribution in [-0.4, -0.2) is 25.3 Å². The number of amidine groups is 2. The SMILES string of the molecule is NC1=NC(c2cc(F)cc(F)c2)CO1.NC1=N[C@H](c2cc(F)cc(F)c2)CO1. The van der Waals surface area contributed by atoms with Gasteiger partial charge in [0.25, 0.3) is 12.0 Å². The van der Waals surface area contributed by atoms with E-state index in [1.165, 1.54) is 24.3 Å². The van der Waals surface area contributed by atoms with Crippen molar-refractivity contribution in [2.24, 2.45) is 21.5 Å². The molecule has 4 N–H and O–H groups in total. The molecule has 0 fully saturated rings. The average Bonchev–Trinajstić information content (AvgIpc) is 3.22. The molecule has 0 saturated carbocycles. The highest BCUT2D eigenvalue weighted by molar-refractivity contribution is 5.73. The van der Waals surface area contributed by atoms with E-state index in [-0.39, 0.29) is 25.3 Å². The lowest BCUT2D eigenvalue weighted by Crippen LogP contribution is -2.10. The lowest BCUT2D eigenvalue weighted by atomic mass is 10.1. The van der Waals surface area contributed by atoms with E-state index in [0.29, 0.717) is 11.1 Å². The van der Waals surface area contributed by atoms with Gasteiger partial charge in [-0.15, -0.1) is 0 Å². The van der Waals surface area contributed by atoms with Crippen molar-refractivity contribution in [3.05, 3.63) is 70.8 Å². The monoisotopic (exact) mass is 396 g/mol. The van der Waals surface area contributed by atoms with Gasteiger partial charge in [-0.3, -0.25) is 0 Å². The third kappa shape index (κ3) is 4.90. The van der Waals surface area contributed by atoms with Crippen molar-refractivity contribution in [1.29, 1.82) is 0 Å². The molecule has 28 heavy (non-hydrogen) atoms. The maximum atomic E-state index is 12.8. The molecule has 0 aliphatic carbocycles. The molecule has 1 unspecified atom stereocenters.